The number of amides is 3. The average Bonchev–Trinajstić information content (AvgIpc) is 3.33. The van der Waals surface area contributed by atoms with E-state index in [-0.39, 0.29) is 17.7 Å². The topological polar surface area (TPSA) is 105 Å². The molecule has 3 amide bonds. The van der Waals surface area contributed by atoms with E-state index in [9.17, 15) is 9.59 Å². The third kappa shape index (κ3) is 4.77. The summed E-state index contributed by atoms with van der Waals surface area (Å²) < 4.78 is 13.3. The fourth-order valence-corrected chi connectivity index (χ4v) is 5.82. The Morgan fingerprint density at radius 3 is 2.67 bits per heavy atom. The van der Waals surface area contributed by atoms with Gasteiger partial charge in [0.15, 0.2) is 5.75 Å². The van der Waals surface area contributed by atoms with Gasteiger partial charge in [-0.2, -0.15) is 5.10 Å². The molecule has 11 nitrogen and oxygen atoms in total. The number of rotatable bonds is 4. The van der Waals surface area contributed by atoms with Gasteiger partial charge in [-0.15, -0.1) is 0 Å². The molecule has 2 fully saturated rings. The van der Waals surface area contributed by atoms with Crippen LogP contribution < -0.4 is 19.9 Å². The van der Waals surface area contributed by atoms with E-state index < -0.39 is 5.60 Å². The number of ether oxygens (including phenoxy) is 2. The number of hydrogen-bond acceptors (Lipinski definition) is 7. The summed E-state index contributed by atoms with van der Waals surface area (Å²) in [5, 5.41) is 7.50. The number of carbonyl (C=O) groups is 2. The van der Waals surface area contributed by atoms with Gasteiger partial charge in [0.25, 0.3) is 0 Å². The Morgan fingerprint density at radius 2 is 1.95 bits per heavy atom. The molecule has 6 rings (SSSR count). The largest absolute Gasteiger partial charge is 0.490 e. The summed E-state index contributed by atoms with van der Waals surface area (Å²) in [6, 6.07) is 5.61. The molecule has 0 unspecified atom stereocenters. The van der Waals surface area contributed by atoms with E-state index in [0.717, 1.165) is 41.8 Å². The molecule has 1 aliphatic carbocycles. The van der Waals surface area contributed by atoms with Gasteiger partial charge in [0.2, 0.25) is 0 Å². The highest BCUT2D eigenvalue weighted by Crippen LogP contribution is 2.47. The molecule has 212 valence electrons. The summed E-state index contributed by atoms with van der Waals surface area (Å²) >= 11 is 0. The molecule has 5 heterocycles. The van der Waals surface area contributed by atoms with Crippen LogP contribution in [0.15, 0.2) is 30.6 Å². The lowest BCUT2D eigenvalue weighted by Crippen LogP contribution is -2.58. The number of fused-ring (bicyclic) bond motifs is 2. The van der Waals surface area contributed by atoms with Gasteiger partial charge in [-0.05, 0) is 72.1 Å². The number of pyridine rings is 2. The summed E-state index contributed by atoms with van der Waals surface area (Å²) in [5.41, 5.74) is 3.79. The molecular formula is C29H37N7O4. The van der Waals surface area contributed by atoms with E-state index in [0.29, 0.717) is 49.9 Å². The Balaban J connectivity index is 1.21. The van der Waals surface area contributed by atoms with Crippen LogP contribution in [0.4, 0.5) is 26.8 Å². The highest BCUT2D eigenvalue weighted by atomic mass is 16.6. The van der Waals surface area contributed by atoms with Gasteiger partial charge in [-0.1, -0.05) is 0 Å². The number of carbonyl (C=O) groups excluding carboxylic acids is 2. The van der Waals surface area contributed by atoms with Crippen molar-refractivity contribution in [2.75, 3.05) is 47.9 Å². The molecule has 0 aromatic carbocycles. The second kappa shape index (κ2) is 9.57. The molecule has 0 bridgehead atoms. The molecule has 1 N–H and O–H groups in total. The predicted molar refractivity (Wildman–Crippen MR) is 153 cm³/mol. The van der Waals surface area contributed by atoms with Gasteiger partial charge in [-0.3, -0.25) is 9.80 Å². The van der Waals surface area contributed by atoms with Crippen molar-refractivity contribution in [3.63, 3.8) is 0 Å². The molecule has 2 aliphatic heterocycles. The molecule has 1 saturated carbocycles. The molecule has 0 radical (unpaired) electrons. The lowest BCUT2D eigenvalue weighted by Gasteiger charge is -2.43. The molecule has 1 spiro atoms. The van der Waals surface area contributed by atoms with Crippen molar-refractivity contribution in [3.8, 4) is 5.75 Å². The second-order valence-electron chi connectivity index (χ2n) is 11.9. The van der Waals surface area contributed by atoms with Gasteiger partial charge < -0.3 is 19.7 Å². The van der Waals surface area contributed by atoms with Crippen LogP contribution >= 0.6 is 0 Å². The van der Waals surface area contributed by atoms with Crippen molar-refractivity contribution in [1.29, 1.82) is 0 Å². The molecule has 40 heavy (non-hydrogen) atoms. The minimum absolute atomic E-state index is 0.188. The highest BCUT2D eigenvalue weighted by Gasteiger charge is 2.54. The smallest absolute Gasteiger partial charge is 0.410 e. The van der Waals surface area contributed by atoms with Crippen molar-refractivity contribution < 1.29 is 19.1 Å². The Kier molecular flexibility index (Phi) is 6.27. The summed E-state index contributed by atoms with van der Waals surface area (Å²) in [6.07, 6.45) is 5.97. The molecule has 0 atom stereocenters. The number of nitrogens with one attached hydrogen (secondary N) is 1. The van der Waals surface area contributed by atoms with Crippen LogP contribution in [0, 0.1) is 6.92 Å². The molecule has 11 heteroatoms. The molecule has 3 aromatic heterocycles. The van der Waals surface area contributed by atoms with Gasteiger partial charge in [0, 0.05) is 43.6 Å². The normalized spacial score (nSPS) is 17.8. The molecule has 1 saturated heterocycles. The first-order chi connectivity index (χ1) is 19.1. The fourth-order valence-electron chi connectivity index (χ4n) is 5.82. The number of nitrogens with zero attached hydrogens (tertiary/aromatic N) is 6. The number of aryl methyl sites for hydroxylation is 1. The minimum atomic E-state index is -0.521. The zero-order valence-corrected chi connectivity index (χ0v) is 23.9. The maximum absolute atomic E-state index is 13.5. The maximum Gasteiger partial charge on any atom is 0.410 e. The summed E-state index contributed by atoms with van der Waals surface area (Å²) in [6.45, 7) is 12.6. The first-order valence-corrected chi connectivity index (χ1v) is 14.0. The first-order valence-electron chi connectivity index (χ1n) is 14.0. The van der Waals surface area contributed by atoms with E-state index in [2.05, 4.69) is 20.3 Å². The lowest BCUT2D eigenvalue weighted by atomic mass is 10.1. The van der Waals surface area contributed by atoms with Crippen LogP contribution in [0.2, 0.25) is 0 Å². The van der Waals surface area contributed by atoms with Crippen molar-refractivity contribution in [3.05, 3.63) is 41.9 Å². The van der Waals surface area contributed by atoms with Crippen LogP contribution in [-0.2, 0) is 11.2 Å². The van der Waals surface area contributed by atoms with E-state index in [1.54, 1.807) is 21.8 Å². The number of anilines is 3. The maximum atomic E-state index is 13.5. The Bertz CT molecular complexity index is 1470. The highest BCUT2D eigenvalue weighted by molar-refractivity contribution is 6.04. The molecule has 3 aliphatic rings. The zero-order chi connectivity index (χ0) is 28.2. The molecule has 3 aromatic rings. The third-order valence-electron chi connectivity index (χ3n) is 7.75. The van der Waals surface area contributed by atoms with Crippen LogP contribution in [0.3, 0.4) is 0 Å². The Morgan fingerprint density at radius 1 is 1.15 bits per heavy atom. The number of aromatic nitrogens is 3. The summed E-state index contributed by atoms with van der Waals surface area (Å²) in [7, 11) is 0. The Labute approximate surface area is 234 Å². The zero-order valence-electron chi connectivity index (χ0n) is 23.9. The summed E-state index contributed by atoms with van der Waals surface area (Å²) in [5.74, 6) is 1.24. The van der Waals surface area contributed by atoms with E-state index >= 15 is 0 Å². The van der Waals surface area contributed by atoms with Gasteiger partial charge >= 0.3 is 12.1 Å². The predicted octanol–water partition coefficient (Wildman–Crippen LogP) is 4.62. The third-order valence-corrected chi connectivity index (χ3v) is 7.75. The molecular weight excluding hydrogens is 510 g/mol. The summed E-state index contributed by atoms with van der Waals surface area (Å²) in [4.78, 5) is 37.0. The van der Waals surface area contributed by atoms with Gasteiger partial charge in [0.05, 0.1) is 35.2 Å². The van der Waals surface area contributed by atoms with Crippen molar-refractivity contribution in [2.24, 2.45) is 0 Å². The number of urea groups is 1. The van der Waals surface area contributed by atoms with Crippen LogP contribution in [0.25, 0.3) is 5.52 Å². The van der Waals surface area contributed by atoms with E-state index in [4.69, 9.17) is 9.47 Å². The van der Waals surface area contributed by atoms with Crippen molar-refractivity contribution >= 4 is 34.8 Å². The Hall–Kier alpha value is -4.02. The number of piperazine rings is 1. The van der Waals surface area contributed by atoms with Gasteiger partial charge in [-0.25, -0.2) is 19.1 Å². The fraction of sp³-hybridized carbons (Fsp3) is 0.517. The minimum Gasteiger partial charge on any atom is -0.490 e. The van der Waals surface area contributed by atoms with Crippen molar-refractivity contribution in [2.45, 2.75) is 65.0 Å². The van der Waals surface area contributed by atoms with Crippen LogP contribution in [-0.4, -0.2) is 75.5 Å². The standard InChI is InChI=1S/C29H37N7O4/c1-6-39-24-17-36-20(15-19(2)32-36)16-22(24)31-26(37)34-12-8-21-23(7-11-30-25(21)34)33-13-14-35(29(18-33)9-10-29)27(38)40-28(3,4)5/h7,11,15-17H,6,8-10,12-14,18H2,1-5H3,(H,31,37). The second-order valence-corrected chi connectivity index (χ2v) is 11.9. The van der Waals surface area contributed by atoms with E-state index in [1.807, 2.05) is 57.7 Å². The van der Waals surface area contributed by atoms with Crippen LogP contribution in [0.5, 0.6) is 5.75 Å². The lowest BCUT2D eigenvalue weighted by molar-refractivity contribution is 0.0106. The van der Waals surface area contributed by atoms with E-state index in [1.165, 1.54) is 0 Å². The first kappa shape index (κ1) is 26.2. The SMILES string of the molecule is CCOc1cn2nc(C)cc2cc1NC(=O)N1CCc2c(N3CCN(C(=O)OC(C)(C)C)C4(CC4)C3)ccnc21. The average molecular weight is 548 g/mol. The van der Waals surface area contributed by atoms with Gasteiger partial charge in [0.1, 0.15) is 11.4 Å². The number of hydrogen-bond donors (Lipinski definition) is 1. The van der Waals surface area contributed by atoms with Crippen LogP contribution in [0.1, 0.15) is 51.8 Å². The quantitative estimate of drug-likeness (QED) is 0.508. The monoisotopic (exact) mass is 547 g/mol. The van der Waals surface area contributed by atoms with Crippen molar-refractivity contribution in [1.82, 2.24) is 19.5 Å².